The first-order chi connectivity index (χ1) is 11.6. The normalized spacial score (nSPS) is 16.6. The smallest absolute Gasteiger partial charge is 0.255 e. The maximum Gasteiger partial charge on any atom is 0.255 e. The fourth-order valence-electron chi connectivity index (χ4n) is 2.48. The number of ether oxygens (including phenoxy) is 1. The minimum absolute atomic E-state index is 0.136. The van der Waals surface area contributed by atoms with Gasteiger partial charge in [0.1, 0.15) is 6.10 Å². The van der Waals surface area contributed by atoms with Gasteiger partial charge in [-0.05, 0) is 55.3 Å². The lowest BCUT2D eigenvalue weighted by Crippen LogP contribution is -2.26. The summed E-state index contributed by atoms with van der Waals surface area (Å²) in [6.07, 6.45) is 1.29. The van der Waals surface area contributed by atoms with Crippen molar-refractivity contribution in [3.8, 4) is 0 Å². The predicted octanol–water partition coefficient (Wildman–Crippen LogP) is 3.71. The number of carbonyl (C=O) groups excluding carboxylic acids is 2. The lowest BCUT2D eigenvalue weighted by Gasteiger charge is -2.11. The Morgan fingerprint density at radius 3 is 2.38 bits per heavy atom. The van der Waals surface area contributed by atoms with E-state index in [0.717, 1.165) is 12.8 Å². The molecule has 0 bridgehead atoms. The van der Waals surface area contributed by atoms with Gasteiger partial charge in [-0.2, -0.15) is 0 Å². The van der Waals surface area contributed by atoms with Gasteiger partial charge in [0.25, 0.3) is 11.8 Å². The molecular weight excluding hydrogens is 328 g/mol. The second-order valence-electron chi connectivity index (χ2n) is 5.53. The van der Waals surface area contributed by atoms with E-state index in [1.165, 1.54) is 0 Å². The van der Waals surface area contributed by atoms with Crippen LogP contribution in [0.15, 0.2) is 48.5 Å². The third-order valence-electron chi connectivity index (χ3n) is 3.72. The minimum Gasteiger partial charge on any atom is -0.368 e. The first kappa shape index (κ1) is 16.5. The highest BCUT2D eigenvalue weighted by atomic mass is 35.5. The highest BCUT2D eigenvalue weighted by Gasteiger charge is 2.23. The molecule has 1 heterocycles. The van der Waals surface area contributed by atoms with Crippen LogP contribution in [-0.4, -0.2) is 24.5 Å². The molecule has 5 nitrogen and oxygen atoms in total. The third-order valence-corrected chi connectivity index (χ3v) is 3.95. The van der Waals surface area contributed by atoms with Gasteiger partial charge in [-0.3, -0.25) is 9.59 Å². The average Bonchev–Trinajstić information content (AvgIpc) is 3.11. The zero-order valence-corrected chi connectivity index (χ0v) is 13.7. The summed E-state index contributed by atoms with van der Waals surface area (Å²) in [6, 6.07) is 13.7. The van der Waals surface area contributed by atoms with Gasteiger partial charge in [-0.25, -0.2) is 0 Å². The molecule has 1 unspecified atom stereocenters. The number of benzene rings is 2. The molecule has 1 fully saturated rings. The van der Waals surface area contributed by atoms with E-state index in [9.17, 15) is 9.59 Å². The molecule has 2 aromatic rings. The number of hydrogen-bond donors (Lipinski definition) is 2. The Kier molecular flexibility index (Phi) is 5.13. The lowest BCUT2D eigenvalue weighted by molar-refractivity contribution is -0.124. The third kappa shape index (κ3) is 4.13. The SMILES string of the molecule is O=C(Nc1ccc(NC(=O)C2CCCO2)cc1)c1cccc(Cl)c1. The van der Waals surface area contributed by atoms with E-state index in [-0.39, 0.29) is 17.9 Å². The van der Waals surface area contributed by atoms with Gasteiger partial charge in [0.15, 0.2) is 0 Å². The van der Waals surface area contributed by atoms with Crippen molar-refractivity contribution in [1.82, 2.24) is 0 Å². The zero-order chi connectivity index (χ0) is 16.9. The maximum atomic E-state index is 12.1. The second-order valence-corrected chi connectivity index (χ2v) is 5.97. The van der Waals surface area contributed by atoms with Crippen LogP contribution in [0.2, 0.25) is 5.02 Å². The molecule has 0 spiro atoms. The molecule has 0 saturated carbocycles. The molecule has 0 radical (unpaired) electrons. The Hall–Kier alpha value is -2.37. The fraction of sp³-hybridized carbons (Fsp3) is 0.222. The monoisotopic (exact) mass is 344 g/mol. The summed E-state index contributed by atoms with van der Waals surface area (Å²) in [4.78, 5) is 24.1. The van der Waals surface area contributed by atoms with Crippen LogP contribution in [0.1, 0.15) is 23.2 Å². The second kappa shape index (κ2) is 7.47. The van der Waals surface area contributed by atoms with E-state index in [0.29, 0.717) is 28.6 Å². The van der Waals surface area contributed by atoms with Crippen LogP contribution >= 0.6 is 11.6 Å². The molecule has 1 atom stereocenters. The van der Waals surface area contributed by atoms with E-state index < -0.39 is 0 Å². The van der Waals surface area contributed by atoms with Crippen LogP contribution < -0.4 is 10.6 Å². The minimum atomic E-state index is -0.368. The van der Waals surface area contributed by atoms with Crippen molar-refractivity contribution < 1.29 is 14.3 Å². The molecule has 2 aromatic carbocycles. The van der Waals surface area contributed by atoms with E-state index >= 15 is 0 Å². The highest BCUT2D eigenvalue weighted by molar-refractivity contribution is 6.31. The number of carbonyl (C=O) groups is 2. The van der Waals surface area contributed by atoms with Crippen molar-refractivity contribution in [3.63, 3.8) is 0 Å². The quantitative estimate of drug-likeness (QED) is 0.888. The molecule has 6 heteroatoms. The van der Waals surface area contributed by atoms with Gasteiger partial charge < -0.3 is 15.4 Å². The molecule has 3 rings (SSSR count). The van der Waals surface area contributed by atoms with Gasteiger partial charge in [-0.15, -0.1) is 0 Å². The van der Waals surface area contributed by atoms with Crippen molar-refractivity contribution >= 4 is 34.8 Å². The standard InChI is InChI=1S/C18H17ClN2O3/c19-13-4-1-3-12(11-13)17(22)20-14-6-8-15(9-7-14)21-18(23)16-5-2-10-24-16/h1,3-4,6-9,11,16H,2,5,10H2,(H,20,22)(H,21,23). The highest BCUT2D eigenvalue weighted by Crippen LogP contribution is 2.18. The van der Waals surface area contributed by atoms with Gasteiger partial charge in [0.2, 0.25) is 0 Å². The molecule has 1 aliphatic heterocycles. The maximum absolute atomic E-state index is 12.1. The molecule has 1 aliphatic rings. The van der Waals surface area contributed by atoms with Gasteiger partial charge in [0, 0.05) is 28.6 Å². The van der Waals surface area contributed by atoms with Crippen LogP contribution in [0.25, 0.3) is 0 Å². The summed E-state index contributed by atoms with van der Waals surface area (Å²) in [7, 11) is 0. The van der Waals surface area contributed by atoms with Gasteiger partial charge in [-0.1, -0.05) is 17.7 Å². The largest absolute Gasteiger partial charge is 0.368 e. The number of anilines is 2. The summed E-state index contributed by atoms with van der Waals surface area (Å²) in [5, 5.41) is 6.10. The van der Waals surface area contributed by atoms with Crippen LogP contribution in [0.3, 0.4) is 0 Å². The van der Waals surface area contributed by atoms with Crippen LogP contribution in [-0.2, 0) is 9.53 Å². The van der Waals surface area contributed by atoms with E-state index in [2.05, 4.69) is 10.6 Å². The first-order valence-corrected chi connectivity index (χ1v) is 8.09. The Balaban J connectivity index is 1.60. The fourth-order valence-corrected chi connectivity index (χ4v) is 2.67. The summed E-state index contributed by atoms with van der Waals surface area (Å²) in [5.74, 6) is -0.378. The molecule has 24 heavy (non-hydrogen) atoms. The molecule has 1 saturated heterocycles. The van der Waals surface area contributed by atoms with Crippen molar-refractivity contribution in [1.29, 1.82) is 0 Å². The molecule has 2 N–H and O–H groups in total. The zero-order valence-electron chi connectivity index (χ0n) is 12.9. The predicted molar refractivity (Wildman–Crippen MR) is 93.5 cm³/mol. The summed E-state index contributed by atoms with van der Waals surface area (Å²) in [6.45, 7) is 0.632. The summed E-state index contributed by atoms with van der Waals surface area (Å²) < 4.78 is 5.34. The van der Waals surface area contributed by atoms with Crippen LogP contribution in [0, 0.1) is 0 Å². The number of halogens is 1. The van der Waals surface area contributed by atoms with Crippen molar-refractivity contribution in [2.75, 3.05) is 17.2 Å². The molecule has 2 amide bonds. The lowest BCUT2D eigenvalue weighted by atomic mass is 10.2. The van der Waals surface area contributed by atoms with Crippen molar-refractivity contribution in [2.24, 2.45) is 0 Å². The van der Waals surface area contributed by atoms with Crippen molar-refractivity contribution in [3.05, 3.63) is 59.1 Å². The van der Waals surface area contributed by atoms with E-state index in [4.69, 9.17) is 16.3 Å². The van der Waals surface area contributed by atoms with Gasteiger partial charge >= 0.3 is 0 Å². The number of rotatable bonds is 4. The van der Waals surface area contributed by atoms with Crippen LogP contribution in [0.4, 0.5) is 11.4 Å². The van der Waals surface area contributed by atoms with Crippen LogP contribution in [0.5, 0.6) is 0 Å². The number of nitrogens with one attached hydrogen (secondary N) is 2. The molecule has 0 aliphatic carbocycles. The number of amides is 2. The Morgan fingerprint density at radius 1 is 1.04 bits per heavy atom. The summed E-state index contributed by atoms with van der Waals surface area (Å²) in [5.41, 5.74) is 1.78. The Bertz CT molecular complexity index is 740. The van der Waals surface area contributed by atoms with E-state index in [1.807, 2.05) is 0 Å². The molecule has 0 aromatic heterocycles. The number of hydrogen-bond acceptors (Lipinski definition) is 3. The topological polar surface area (TPSA) is 67.4 Å². The van der Waals surface area contributed by atoms with E-state index in [1.54, 1.807) is 48.5 Å². The average molecular weight is 345 g/mol. The Labute approximate surface area is 145 Å². The summed E-state index contributed by atoms with van der Waals surface area (Å²) >= 11 is 5.88. The Morgan fingerprint density at radius 2 is 1.75 bits per heavy atom. The van der Waals surface area contributed by atoms with Crippen molar-refractivity contribution in [2.45, 2.75) is 18.9 Å². The first-order valence-electron chi connectivity index (χ1n) is 7.71. The van der Waals surface area contributed by atoms with Gasteiger partial charge in [0.05, 0.1) is 0 Å². The molecule has 124 valence electrons. The molecular formula is C18H17ClN2O3.